The molecule has 0 unspecified atom stereocenters. The van der Waals surface area contributed by atoms with Gasteiger partial charge in [-0.25, -0.2) is 0 Å². The number of rotatable bonds is 2. The zero-order valence-corrected chi connectivity index (χ0v) is 10.1. The number of hydrogen-bond donors (Lipinski definition) is 2. The summed E-state index contributed by atoms with van der Waals surface area (Å²) in [7, 11) is 3.34. The number of hydrogen-bond acceptors (Lipinski definition) is 4. The molecule has 1 aromatic heterocycles. The Labute approximate surface area is 99.4 Å². The Hall–Kier alpha value is -2.17. The lowest BCUT2D eigenvalue weighted by Crippen LogP contribution is -1.98. The molecule has 0 aliphatic heterocycles. The van der Waals surface area contributed by atoms with E-state index in [2.05, 4.69) is 5.10 Å². The van der Waals surface area contributed by atoms with Crippen LogP contribution in [-0.2, 0) is 7.05 Å². The van der Waals surface area contributed by atoms with E-state index in [1.54, 1.807) is 37.2 Å². The van der Waals surface area contributed by atoms with Crippen molar-refractivity contribution in [3.63, 3.8) is 0 Å². The van der Waals surface area contributed by atoms with Gasteiger partial charge in [0.2, 0.25) is 0 Å². The Bertz CT molecular complexity index is 561. The third-order valence-electron chi connectivity index (χ3n) is 2.78. The van der Waals surface area contributed by atoms with Crippen LogP contribution in [0.4, 0.5) is 5.82 Å². The third-order valence-corrected chi connectivity index (χ3v) is 2.78. The molecule has 0 fully saturated rings. The molecule has 0 aliphatic rings. The van der Waals surface area contributed by atoms with Gasteiger partial charge in [0.05, 0.1) is 13.3 Å². The summed E-state index contributed by atoms with van der Waals surface area (Å²) in [4.78, 5) is 0. The highest BCUT2D eigenvalue weighted by molar-refractivity contribution is 5.80. The van der Waals surface area contributed by atoms with Gasteiger partial charge in [-0.3, -0.25) is 4.68 Å². The van der Waals surface area contributed by atoms with Crippen molar-refractivity contribution in [1.29, 1.82) is 0 Å². The van der Waals surface area contributed by atoms with Gasteiger partial charge in [0.25, 0.3) is 0 Å². The highest BCUT2D eigenvalue weighted by atomic mass is 16.5. The molecule has 0 saturated carbocycles. The third kappa shape index (κ3) is 1.80. The zero-order chi connectivity index (χ0) is 12.6. The van der Waals surface area contributed by atoms with E-state index in [4.69, 9.17) is 10.5 Å². The molecule has 2 rings (SSSR count). The smallest absolute Gasteiger partial charge is 0.129 e. The van der Waals surface area contributed by atoms with Crippen molar-refractivity contribution in [3.05, 3.63) is 23.9 Å². The first-order valence-electron chi connectivity index (χ1n) is 5.20. The molecule has 90 valence electrons. The molecular weight excluding hydrogens is 218 g/mol. The maximum absolute atomic E-state index is 10.1. The molecule has 3 N–H and O–H groups in total. The summed E-state index contributed by atoms with van der Waals surface area (Å²) in [5.74, 6) is 1.39. The Balaban J connectivity index is 2.66. The van der Waals surface area contributed by atoms with E-state index in [0.29, 0.717) is 22.7 Å². The first kappa shape index (κ1) is 11.3. The predicted molar refractivity (Wildman–Crippen MR) is 66.0 cm³/mol. The topological polar surface area (TPSA) is 73.3 Å². The van der Waals surface area contributed by atoms with Crippen LogP contribution in [0.5, 0.6) is 11.5 Å². The minimum atomic E-state index is 0.200. The van der Waals surface area contributed by atoms with Crippen LogP contribution >= 0.6 is 0 Å². The van der Waals surface area contributed by atoms with Gasteiger partial charge in [0.15, 0.2) is 0 Å². The second-order valence-electron chi connectivity index (χ2n) is 3.91. The minimum absolute atomic E-state index is 0.200. The standard InChI is InChI=1S/C12H15N3O2/c1-7-4-8(17-3)5-9(11(7)16)10-6-14-15(2)12(10)13/h4-6,16H,13H2,1-3H3. The summed E-state index contributed by atoms with van der Waals surface area (Å²) in [5.41, 5.74) is 7.96. The largest absolute Gasteiger partial charge is 0.507 e. The van der Waals surface area contributed by atoms with Crippen molar-refractivity contribution >= 4 is 5.82 Å². The van der Waals surface area contributed by atoms with Gasteiger partial charge in [0.1, 0.15) is 17.3 Å². The van der Waals surface area contributed by atoms with E-state index in [9.17, 15) is 5.11 Å². The molecule has 0 aliphatic carbocycles. The van der Waals surface area contributed by atoms with Gasteiger partial charge in [-0.05, 0) is 24.6 Å². The molecule has 5 heteroatoms. The Morgan fingerprint density at radius 2 is 2.06 bits per heavy atom. The summed E-state index contributed by atoms with van der Waals surface area (Å²) in [6.45, 7) is 1.81. The number of methoxy groups -OCH3 is 1. The molecule has 0 saturated heterocycles. The lowest BCUT2D eigenvalue weighted by molar-refractivity contribution is 0.412. The summed E-state index contributed by atoms with van der Waals surface area (Å²) >= 11 is 0. The van der Waals surface area contributed by atoms with Crippen molar-refractivity contribution in [3.8, 4) is 22.6 Å². The maximum Gasteiger partial charge on any atom is 0.129 e. The van der Waals surface area contributed by atoms with E-state index < -0.39 is 0 Å². The van der Waals surface area contributed by atoms with Crippen LogP contribution < -0.4 is 10.5 Å². The average Bonchev–Trinajstić information content (AvgIpc) is 2.64. The number of aryl methyl sites for hydroxylation is 2. The predicted octanol–water partition coefficient (Wildman–Crippen LogP) is 1.69. The van der Waals surface area contributed by atoms with Crippen LogP contribution in [0.2, 0.25) is 0 Å². The molecule has 0 radical (unpaired) electrons. The molecule has 1 heterocycles. The van der Waals surface area contributed by atoms with Gasteiger partial charge in [-0.1, -0.05) is 0 Å². The number of anilines is 1. The van der Waals surface area contributed by atoms with Crippen LogP contribution in [0.15, 0.2) is 18.3 Å². The highest BCUT2D eigenvalue weighted by Gasteiger charge is 2.14. The summed E-state index contributed by atoms with van der Waals surface area (Å²) in [6.07, 6.45) is 1.63. The fourth-order valence-electron chi connectivity index (χ4n) is 1.72. The lowest BCUT2D eigenvalue weighted by atomic mass is 10.0. The second kappa shape index (κ2) is 4.01. The van der Waals surface area contributed by atoms with E-state index in [1.807, 2.05) is 6.92 Å². The molecule has 0 bridgehead atoms. The molecular formula is C12H15N3O2. The summed E-state index contributed by atoms with van der Waals surface area (Å²) < 4.78 is 6.74. The number of ether oxygens (including phenoxy) is 1. The quantitative estimate of drug-likeness (QED) is 0.827. The number of phenolic OH excluding ortho intramolecular Hbond substituents is 1. The van der Waals surface area contributed by atoms with Crippen LogP contribution in [-0.4, -0.2) is 22.0 Å². The normalized spacial score (nSPS) is 10.5. The summed E-state index contributed by atoms with van der Waals surface area (Å²) in [5, 5.41) is 14.1. The molecule has 0 atom stereocenters. The number of nitrogens with two attached hydrogens (primary N) is 1. The van der Waals surface area contributed by atoms with E-state index in [1.165, 1.54) is 0 Å². The zero-order valence-electron chi connectivity index (χ0n) is 10.1. The number of nitrogen functional groups attached to an aromatic ring is 1. The number of nitrogens with zero attached hydrogens (tertiary/aromatic N) is 2. The Morgan fingerprint density at radius 3 is 2.59 bits per heavy atom. The van der Waals surface area contributed by atoms with Gasteiger partial charge < -0.3 is 15.6 Å². The molecule has 0 spiro atoms. The molecule has 2 aromatic rings. The van der Waals surface area contributed by atoms with Crippen LogP contribution in [0.25, 0.3) is 11.1 Å². The van der Waals surface area contributed by atoms with Crippen molar-refractivity contribution in [2.24, 2.45) is 7.05 Å². The van der Waals surface area contributed by atoms with Crippen LogP contribution in [0, 0.1) is 6.92 Å². The maximum atomic E-state index is 10.1. The van der Waals surface area contributed by atoms with Gasteiger partial charge in [-0.2, -0.15) is 5.10 Å². The fourth-order valence-corrected chi connectivity index (χ4v) is 1.72. The summed E-state index contributed by atoms with van der Waals surface area (Å²) in [6, 6.07) is 3.51. The van der Waals surface area contributed by atoms with Gasteiger partial charge in [0, 0.05) is 18.2 Å². The first-order valence-corrected chi connectivity index (χ1v) is 5.20. The Morgan fingerprint density at radius 1 is 1.35 bits per heavy atom. The SMILES string of the molecule is COc1cc(C)c(O)c(-c2cnn(C)c2N)c1. The van der Waals surface area contributed by atoms with E-state index in [-0.39, 0.29) is 5.75 Å². The lowest BCUT2D eigenvalue weighted by Gasteiger charge is -2.09. The fraction of sp³-hybridized carbons (Fsp3) is 0.250. The van der Waals surface area contributed by atoms with Crippen molar-refractivity contribution in [2.45, 2.75) is 6.92 Å². The number of phenols is 1. The van der Waals surface area contributed by atoms with Crippen molar-refractivity contribution < 1.29 is 9.84 Å². The number of benzene rings is 1. The van der Waals surface area contributed by atoms with E-state index >= 15 is 0 Å². The number of aromatic hydroxyl groups is 1. The molecule has 17 heavy (non-hydrogen) atoms. The average molecular weight is 233 g/mol. The first-order chi connectivity index (χ1) is 8.04. The van der Waals surface area contributed by atoms with Gasteiger partial charge >= 0.3 is 0 Å². The molecule has 5 nitrogen and oxygen atoms in total. The van der Waals surface area contributed by atoms with Crippen molar-refractivity contribution in [2.75, 3.05) is 12.8 Å². The highest BCUT2D eigenvalue weighted by Crippen LogP contribution is 2.37. The van der Waals surface area contributed by atoms with Crippen LogP contribution in [0.1, 0.15) is 5.56 Å². The minimum Gasteiger partial charge on any atom is -0.507 e. The molecule has 1 aromatic carbocycles. The monoisotopic (exact) mass is 233 g/mol. The Kier molecular flexibility index (Phi) is 2.67. The van der Waals surface area contributed by atoms with Crippen molar-refractivity contribution in [1.82, 2.24) is 9.78 Å². The van der Waals surface area contributed by atoms with E-state index in [0.717, 1.165) is 5.56 Å². The number of aromatic nitrogens is 2. The molecule has 0 amide bonds. The van der Waals surface area contributed by atoms with Crippen LogP contribution in [0.3, 0.4) is 0 Å². The van der Waals surface area contributed by atoms with Gasteiger partial charge in [-0.15, -0.1) is 0 Å². The second-order valence-corrected chi connectivity index (χ2v) is 3.91.